The van der Waals surface area contributed by atoms with Gasteiger partial charge < -0.3 is 48.3 Å². The zero-order chi connectivity index (χ0) is 36.3. The summed E-state index contributed by atoms with van der Waals surface area (Å²) in [6.07, 6.45) is 0.207. The number of thiol groups is 1. The lowest BCUT2D eigenvalue weighted by molar-refractivity contribution is -0.140. The third-order valence-corrected chi connectivity index (χ3v) is 7.78. The minimum absolute atomic E-state index is 0.0230. The molecule has 0 spiro atoms. The summed E-state index contributed by atoms with van der Waals surface area (Å²) in [6, 6.07) is 2.04. The molecular formula is C31H46N8O9S. The Bertz CT molecular complexity index is 1350. The lowest BCUT2D eigenvalue weighted by atomic mass is 9.90. The van der Waals surface area contributed by atoms with Crippen LogP contribution in [0.3, 0.4) is 0 Å². The summed E-state index contributed by atoms with van der Waals surface area (Å²) in [6.45, 7) is -0.173. The highest BCUT2D eigenvalue weighted by Crippen LogP contribution is 2.19. The van der Waals surface area contributed by atoms with Gasteiger partial charge in [0.15, 0.2) is 11.7 Å². The van der Waals surface area contributed by atoms with Gasteiger partial charge in [-0.05, 0) is 62.0 Å². The molecule has 1 aromatic carbocycles. The number of hydrogen-bond acceptors (Lipinski definition) is 10. The van der Waals surface area contributed by atoms with Crippen LogP contribution in [-0.4, -0.2) is 101 Å². The maximum absolute atomic E-state index is 13.8. The van der Waals surface area contributed by atoms with Crippen molar-refractivity contribution in [1.82, 2.24) is 26.6 Å². The Balaban J connectivity index is 2.43. The van der Waals surface area contributed by atoms with Crippen molar-refractivity contribution in [2.45, 2.75) is 75.9 Å². The second kappa shape index (κ2) is 21.2. The predicted molar refractivity (Wildman–Crippen MR) is 181 cm³/mol. The summed E-state index contributed by atoms with van der Waals surface area (Å²) in [7, 11) is 0. The molecule has 0 radical (unpaired) electrons. The average molecular weight is 707 g/mol. The van der Waals surface area contributed by atoms with Crippen molar-refractivity contribution in [3.05, 3.63) is 29.8 Å². The monoisotopic (exact) mass is 706 g/mol. The van der Waals surface area contributed by atoms with Crippen molar-refractivity contribution in [2.24, 2.45) is 22.4 Å². The van der Waals surface area contributed by atoms with Gasteiger partial charge in [0.1, 0.15) is 17.8 Å². The molecule has 1 aliphatic rings. The maximum atomic E-state index is 13.8. The van der Waals surface area contributed by atoms with Gasteiger partial charge in [-0.25, -0.2) is 0 Å². The number of hydrogen-bond donors (Lipinski definition) is 10. The Morgan fingerprint density at radius 1 is 0.898 bits per heavy atom. The van der Waals surface area contributed by atoms with Crippen LogP contribution >= 0.6 is 12.6 Å². The fourth-order valence-electron chi connectivity index (χ4n) is 5.01. The van der Waals surface area contributed by atoms with Gasteiger partial charge in [0, 0.05) is 31.8 Å². The molecule has 0 aromatic heterocycles. The number of nitrogens with one attached hydrogen (secondary N) is 5. The topological polar surface area (TPSA) is 284 Å². The molecule has 11 N–H and O–H groups in total. The summed E-state index contributed by atoms with van der Waals surface area (Å²) in [5.74, 6) is -6.21. The molecule has 1 aromatic rings. The van der Waals surface area contributed by atoms with Crippen LogP contribution in [0.4, 0.5) is 0 Å². The van der Waals surface area contributed by atoms with E-state index in [1.807, 2.05) is 0 Å². The number of nitrogens with two attached hydrogens (primary N) is 2. The number of rotatable bonds is 15. The number of guanidine groups is 1. The molecule has 49 heavy (non-hydrogen) atoms. The van der Waals surface area contributed by atoms with Crippen LogP contribution in [0.15, 0.2) is 29.3 Å². The molecule has 2 rings (SSSR count). The van der Waals surface area contributed by atoms with Crippen molar-refractivity contribution in [2.75, 3.05) is 25.4 Å². The van der Waals surface area contributed by atoms with Gasteiger partial charge in [0.05, 0.1) is 19.0 Å². The maximum Gasteiger partial charge on any atom is 0.305 e. The number of Topliss-reactive ketones (excluding diaryl/α,β-unsaturated/α-hetero) is 1. The highest BCUT2D eigenvalue weighted by atomic mass is 32.1. The molecule has 0 unspecified atom stereocenters. The smallest absolute Gasteiger partial charge is 0.305 e. The van der Waals surface area contributed by atoms with E-state index in [1.165, 1.54) is 12.1 Å². The van der Waals surface area contributed by atoms with E-state index in [9.17, 15) is 43.8 Å². The highest BCUT2D eigenvalue weighted by Gasteiger charge is 2.33. The van der Waals surface area contributed by atoms with E-state index in [4.69, 9.17) is 11.5 Å². The number of carboxylic acids is 1. The summed E-state index contributed by atoms with van der Waals surface area (Å²) in [5.41, 5.74) is 11.3. The number of benzene rings is 1. The first-order valence-corrected chi connectivity index (χ1v) is 16.6. The SMILES string of the molecule is NC(N)=NCCC[C@@H]1NC(=O)[C@H](CCCCNC(=O)CCS)NC(=O)[C@@H](Cc2ccc(O)cc2)CC(=O)[C@H](CC(=O)O)NC(=O)CNC1=O. The van der Waals surface area contributed by atoms with Gasteiger partial charge in [-0.3, -0.25) is 38.6 Å². The number of ketones is 1. The first kappa shape index (κ1) is 40.3. The normalized spacial score (nSPS) is 20.8. The zero-order valence-electron chi connectivity index (χ0n) is 27.1. The molecule has 4 atom stereocenters. The molecule has 5 amide bonds. The first-order valence-electron chi connectivity index (χ1n) is 15.9. The van der Waals surface area contributed by atoms with Crippen LogP contribution in [0.25, 0.3) is 0 Å². The molecule has 0 aliphatic carbocycles. The quantitative estimate of drug-likeness (QED) is 0.0422. The van der Waals surface area contributed by atoms with Crippen LogP contribution in [-0.2, 0) is 40.0 Å². The second-order valence-electron chi connectivity index (χ2n) is 11.6. The van der Waals surface area contributed by atoms with Crippen LogP contribution in [0.2, 0.25) is 0 Å². The van der Waals surface area contributed by atoms with E-state index >= 15 is 0 Å². The minimum atomic E-state index is -1.51. The Hall–Kier alpha value is -4.87. The van der Waals surface area contributed by atoms with Gasteiger partial charge in [0.25, 0.3) is 0 Å². The average Bonchev–Trinajstić information content (AvgIpc) is 3.03. The summed E-state index contributed by atoms with van der Waals surface area (Å²) < 4.78 is 0. The third kappa shape index (κ3) is 15.7. The van der Waals surface area contributed by atoms with Crippen LogP contribution in [0.5, 0.6) is 5.75 Å². The number of amides is 5. The minimum Gasteiger partial charge on any atom is -0.508 e. The largest absolute Gasteiger partial charge is 0.508 e. The van der Waals surface area contributed by atoms with Gasteiger partial charge >= 0.3 is 5.97 Å². The Morgan fingerprint density at radius 3 is 2.20 bits per heavy atom. The van der Waals surface area contributed by atoms with Crippen molar-refractivity contribution in [3.8, 4) is 5.75 Å². The van der Waals surface area contributed by atoms with Gasteiger partial charge in [-0.2, -0.15) is 12.6 Å². The fourth-order valence-corrected chi connectivity index (χ4v) is 5.21. The molecule has 1 aliphatic heterocycles. The number of nitrogens with zero attached hydrogens (tertiary/aromatic N) is 1. The van der Waals surface area contributed by atoms with Gasteiger partial charge in [-0.15, -0.1) is 0 Å². The Morgan fingerprint density at radius 2 is 1.55 bits per heavy atom. The molecule has 0 saturated carbocycles. The molecule has 1 saturated heterocycles. The molecule has 17 nitrogen and oxygen atoms in total. The van der Waals surface area contributed by atoms with Crippen molar-refractivity contribution < 1.29 is 43.8 Å². The molecule has 1 fully saturated rings. The summed E-state index contributed by atoms with van der Waals surface area (Å²) in [4.78, 5) is 94.0. The molecule has 0 bridgehead atoms. The number of aliphatic carboxylic acids is 1. The van der Waals surface area contributed by atoms with Gasteiger partial charge in [-0.1, -0.05) is 12.1 Å². The number of phenols is 1. The number of carboxylic acid groups (broad SMARTS) is 1. The first-order chi connectivity index (χ1) is 23.3. The molecule has 18 heteroatoms. The van der Waals surface area contributed by atoms with Crippen molar-refractivity contribution in [3.63, 3.8) is 0 Å². The number of phenolic OH excluding ortho intramolecular Hbond substituents is 1. The van der Waals surface area contributed by atoms with E-state index < -0.39 is 78.8 Å². The predicted octanol–water partition coefficient (Wildman–Crippen LogP) is -1.77. The standard InChI is InChI=1S/C31H46N8O9S/c32-31(33)35-12-3-5-21-29(47)36-17-26(43)37-23(16-27(44)45)24(41)15-19(14-18-6-8-20(40)9-7-18)28(46)38-22(30(48)39-21)4-1-2-11-34-25(42)10-13-49/h6-9,19,21-23,40,49H,1-5,10-17H2,(H,34,42)(H,36,47)(H,37,43)(H,38,46)(H,39,48)(H,44,45)(H4,32,33,35)/t19-,21-,22-,23-/m0/s1. The van der Waals surface area contributed by atoms with Crippen molar-refractivity contribution >= 4 is 59.9 Å². The van der Waals surface area contributed by atoms with Crippen LogP contribution < -0.4 is 38.1 Å². The fraction of sp³-hybridized carbons (Fsp3) is 0.548. The number of unbranched alkanes of at least 4 members (excludes halogenated alkanes) is 1. The third-order valence-electron chi connectivity index (χ3n) is 7.55. The molecular weight excluding hydrogens is 660 g/mol. The van der Waals surface area contributed by atoms with Crippen LogP contribution in [0, 0.1) is 5.92 Å². The number of carbonyl (C=O) groups is 7. The zero-order valence-corrected chi connectivity index (χ0v) is 28.0. The van der Waals surface area contributed by atoms with Crippen LogP contribution in [0.1, 0.15) is 56.9 Å². The number of carbonyl (C=O) groups excluding carboxylic acids is 6. The lowest BCUT2D eigenvalue weighted by Gasteiger charge is -2.25. The van der Waals surface area contributed by atoms with E-state index in [-0.39, 0.29) is 56.3 Å². The second-order valence-corrected chi connectivity index (χ2v) is 12.0. The van der Waals surface area contributed by atoms with E-state index in [2.05, 4.69) is 44.2 Å². The van der Waals surface area contributed by atoms with E-state index in [0.717, 1.165) is 0 Å². The van der Waals surface area contributed by atoms with Gasteiger partial charge in [0.2, 0.25) is 29.5 Å². The number of aromatic hydroxyl groups is 1. The van der Waals surface area contributed by atoms with E-state index in [1.54, 1.807) is 12.1 Å². The Kier molecular flexibility index (Phi) is 17.4. The summed E-state index contributed by atoms with van der Waals surface area (Å²) in [5, 5.41) is 32.0. The van der Waals surface area contributed by atoms with Crippen molar-refractivity contribution in [1.29, 1.82) is 0 Å². The molecule has 270 valence electrons. The number of aliphatic imine (C=N–C) groups is 1. The summed E-state index contributed by atoms with van der Waals surface area (Å²) >= 11 is 4.03. The van der Waals surface area contributed by atoms with E-state index in [0.29, 0.717) is 30.7 Å². The molecule has 1 heterocycles. The lowest BCUT2D eigenvalue weighted by Crippen LogP contribution is -2.55. The Labute approximate surface area is 289 Å². The highest BCUT2D eigenvalue weighted by molar-refractivity contribution is 7.80.